The van der Waals surface area contributed by atoms with Crippen LogP contribution in [0.25, 0.3) is 0 Å². The third kappa shape index (κ3) is 4.22. The molecule has 1 saturated heterocycles. The molecule has 4 heteroatoms. The number of ether oxygens (including phenoxy) is 2. The van der Waals surface area contributed by atoms with Crippen LogP contribution in [0.2, 0.25) is 0 Å². The van der Waals surface area contributed by atoms with Crippen LogP contribution in [0.3, 0.4) is 0 Å². The van der Waals surface area contributed by atoms with Crippen LogP contribution in [0, 0.1) is 0 Å². The maximum absolute atomic E-state index is 5.55. The maximum atomic E-state index is 5.55. The lowest BCUT2D eigenvalue weighted by Crippen LogP contribution is -2.22. The van der Waals surface area contributed by atoms with Gasteiger partial charge in [-0.2, -0.15) is 0 Å². The highest BCUT2D eigenvalue weighted by Crippen LogP contribution is 2.11. The van der Waals surface area contributed by atoms with Crippen LogP contribution in [-0.4, -0.2) is 32.5 Å². The van der Waals surface area contributed by atoms with Crippen molar-refractivity contribution < 1.29 is 9.47 Å². The molecule has 0 aliphatic carbocycles. The summed E-state index contributed by atoms with van der Waals surface area (Å²) >= 11 is 1.78. The van der Waals surface area contributed by atoms with Gasteiger partial charge in [-0.25, -0.2) is 0 Å². The molecule has 3 nitrogen and oxygen atoms in total. The number of rotatable bonds is 7. The lowest BCUT2D eigenvalue weighted by molar-refractivity contribution is 0.0183. The Bertz CT molecular complexity index is 271. The zero-order valence-corrected chi connectivity index (χ0v) is 10.3. The first-order valence-corrected chi connectivity index (χ1v) is 6.75. The Balaban J connectivity index is 1.43. The third-order valence-corrected chi connectivity index (χ3v) is 3.51. The molecule has 2 rings (SSSR count). The molecule has 1 unspecified atom stereocenters. The standard InChI is InChI=1S/C12H19NO2S/c1-3-11(15-6-1)10-14-7-5-13-9-12-4-2-8-16-12/h2,4,8,11,13H,1,3,5-7,9-10H2. The van der Waals surface area contributed by atoms with E-state index in [1.807, 2.05) is 0 Å². The molecule has 1 atom stereocenters. The maximum Gasteiger partial charge on any atom is 0.0809 e. The van der Waals surface area contributed by atoms with E-state index in [4.69, 9.17) is 9.47 Å². The van der Waals surface area contributed by atoms with E-state index < -0.39 is 0 Å². The summed E-state index contributed by atoms with van der Waals surface area (Å²) in [6, 6.07) is 4.22. The summed E-state index contributed by atoms with van der Waals surface area (Å²) in [5.41, 5.74) is 0. The summed E-state index contributed by atoms with van der Waals surface area (Å²) in [6.45, 7) is 4.28. The fourth-order valence-corrected chi connectivity index (χ4v) is 2.43. The number of hydrogen-bond acceptors (Lipinski definition) is 4. The van der Waals surface area contributed by atoms with Crippen LogP contribution in [0.4, 0.5) is 0 Å². The molecule has 0 bridgehead atoms. The molecule has 0 saturated carbocycles. The van der Waals surface area contributed by atoms with Crippen molar-refractivity contribution in [2.45, 2.75) is 25.5 Å². The molecule has 2 heterocycles. The highest BCUT2D eigenvalue weighted by atomic mass is 32.1. The van der Waals surface area contributed by atoms with E-state index in [1.54, 1.807) is 11.3 Å². The Morgan fingerprint density at radius 1 is 1.56 bits per heavy atom. The van der Waals surface area contributed by atoms with Gasteiger partial charge in [0.15, 0.2) is 0 Å². The summed E-state index contributed by atoms with van der Waals surface area (Å²) in [4.78, 5) is 1.37. The lowest BCUT2D eigenvalue weighted by Gasteiger charge is -2.10. The Morgan fingerprint density at radius 3 is 3.31 bits per heavy atom. The van der Waals surface area contributed by atoms with Crippen LogP contribution in [0.1, 0.15) is 17.7 Å². The summed E-state index contributed by atoms with van der Waals surface area (Å²) in [5.74, 6) is 0. The van der Waals surface area contributed by atoms with Gasteiger partial charge in [-0.15, -0.1) is 11.3 Å². The first-order chi connectivity index (χ1) is 7.95. The van der Waals surface area contributed by atoms with Crippen molar-refractivity contribution in [3.63, 3.8) is 0 Å². The second-order valence-corrected chi connectivity index (χ2v) is 5.00. The lowest BCUT2D eigenvalue weighted by atomic mass is 10.2. The molecular weight excluding hydrogens is 222 g/mol. The quantitative estimate of drug-likeness (QED) is 0.741. The fourth-order valence-electron chi connectivity index (χ4n) is 1.76. The molecule has 90 valence electrons. The molecule has 0 spiro atoms. The minimum atomic E-state index is 0.345. The number of hydrogen-bond donors (Lipinski definition) is 1. The minimum absolute atomic E-state index is 0.345. The van der Waals surface area contributed by atoms with E-state index >= 15 is 0 Å². The predicted octanol–water partition coefficient (Wildman–Crippen LogP) is 2.03. The monoisotopic (exact) mass is 241 g/mol. The van der Waals surface area contributed by atoms with Gasteiger partial charge in [0, 0.05) is 24.6 Å². The van der Waals surface area contributed by atoms with Crippen LogP contribution < -0.4 is 5.32 Å². The van der Waals surface area contributed by atoms with Crippen LogP contribution in [0.15, 0.2) is 17.5 Å². The number of nitrogens with one attached hydrogen (secondary N) is 1. The smallest absolute Gasteiger partial charge is 0.0809 e. The van der Waals surface area contributed by atoms with Gasteiger partial charge >= 0.3 is 0 Å². The van der Waals surface area contributed by atoms with Crippen molar-refractivity contribution in [1.82, 2.24) is 5.32 Å². The van der Waals surface area contributed by atoms with Gasteiger partial charge in [0.05, 0.1) is 19.3 Å². The normalized spacial score (nSPS) is 20.4. The highest BCUT2D eigenvalue weighted by molar-refractivity contribution is 7.09. The molecule has 1 fully saturated rings. The van der Waals surface area contributed by atoms with Gasteiger partial charge < -0.3 is 14.8 Å². The summed E-state index contributed by atoms with van der Waals surface area (Å²) in [7, 11) is 0. The Kier molecular flexibility index (Phi) is 5.28. The van der Waals surface area contributed by atoms with Gasteiger partial charge in [-0.3, -0.25) is 0 Å². The number of thiophene rings is 1. The second-order valence-electron chi connectivity index (χ2n) is 3.97. The van der Waals surface area contributed by atoms with Crippen molar-refractivity contribution in [1.29, 1.82) is 0 Å². The molecular formula is C12H19NO2S. The SMILES string of the molecule is c1csc(CNCCOCC2CCCO2)c1. The average molecular weight is 241 g/mol. The molecule has 0 amide bonds. The Morgan fingerprint density at radius 2 is 2.56 bits per heavy atom. The molecule has 1 aromatic rings. The Labute approximate surface area is 101 Å². The molecule has 1 aliphatic heterocycles. The van der Waals surface area contributed by atoms with Crippen molar-refractivity contribution in [3.8, 4) is 0 Å². The topological polar surface area (TPSA) is 30.5 Å². The van der Waals surface area contributed by atoms with Crippen LogP contribution in [-0.2, 0) is 16.0 Å². The van der Waals surface area contributed by atoms with Crippen LogP contribution >= 0.6 is 11.3 Å². The van der Waals surface area contributed by atoms with Crippen molar-refractivity contribution in [3.05, 3.63) is 22.4 Å². The third-order valence-electron chi connectivity index (χ3n) is 2.63. The van der Waals surface area contributed by atoms with Crippen molar-refractivity contribution in [2.75, 3.05) is 26.4 Å². The first kappa shape index (κ1) is 12.0. The minimum Gasteiger partial charge on any atom is -0.377 e. The summed E-state index contributed by atoms with van der Waals surface area (Å²) in [5, 5.41) is 5.46. The van der Waals surface area contributed by atoms with Gasteiger partial charge in [0.2, 0.25) is 0 Å². The van der Waals surface area contributed by atoms with E-state index in [0.717, 1.165) is 39.3 Å². The largest absolute Gasteiger partial charge is 0.377 e. The van der Waals surface area contributed by atoms with Crippen molar-refractivity contribution in [2.24, 2.45) is 0 Å². The summed E-state index contributed by atoms with van der Waals surface area (Å²) in [6.07, 6.45) is 2.69. The van der Waals surface area contributed by atoms with E-state index in [-0.39, 0.29) is 0 Å². The summed E-state index contributed by atoms with van der Waals surface area (Å²) < 4.78 is 11.0. The van der Waals surface area contributed by atoms with E-state index in [1.165, 1.54) is 11.3 Å². The van der Waals surface area contributed by atoms with Gasteiger partial charge in [0.1, 0.15) is 0 Å². The first-order valence-electron chi connectivity index (χ1n) is 5.87. The van der Waals surface area contributed by atoms with Gasteiger partial charge in [-0.1, -0.05) is 6.07 Å². The van der Waals surface area contributed by atoms with Crippen LogP contribution in [0.5, 0.6) is 0 Å². The molecule has 1 N–H and O–H groups in total. The fraction of sp³-hybridized carbons (Fsp3) is 0.667. The Hall–Kier alpha value is -0.420. The molecule has 0 radical (unpaired) electrons. The van der Waals surface area contributed by atoms with Crippen molar-refractivity contribution >= 4 is 11.3 Å². The van der Waals surface area contributed by atoms with E-state index in [2.05, 4.69) is 22.8 Å². The predicted molar refractivity (Wildman–Crippen MR) is 65.8 cm³/mol. The van der Waals surface area contributed by atoms with E-state index in [9.17, 15) is 0 Å². The average Bonchev–Trinajstić information content (AvgIpc) is 2.96. The zero-order valence-electron chi connectivity index (χ0n) is 9.48. The zero-order chi connectivity index (χ0) is 11.1. The van der Waals surface area contributed by atoms with E-state index in [0.29, 0.717) is 6.10 Å². The molecule has 1 aromatic heterocycles. The van der Waals surface area contributed by atoms with Gasteiger partial charge in [0.25, 0.3) is 0 Å². The highest BCUT2D eigenvalue weighted by Gasteiger charge is 2.14. The second kappa shape index (κ2) is 7.01. The van der Waals surface area contributed by atoms with Gasteiger partial charge in [-0.05, 0) is 24.3 Å². The molecule has 1 aliphatic rings. The molecule has 16 heavy (non-hydrogen) atoms. The molecule has 0 aromatic carbocycles.